The summed E-state index contributed by atoms with van der Waals surface area (Å²) >= 11 is 0. The number of hydrogen-bond donors (Lipinski definition) is 3. The lowest BCUT2D eigenvalue weighted by molar-refractivity contribution is -0.143. The summed E-state index contributed by atoms with van der Waals surface area (Å²) in [5.74, 6) is -0.0453. The number of ether oxygens (including phenoxy) is 1. The number of carbonyl (C=O) groups is 2. The van der Waals surface area contributed by atoms with Crippen molar-refractivity contribution < 1.29 is 24.5 Å². The molecule has 0 saturated heterocycles. The molecule has 0 fully saturated rings. The van der Waals surface area contributed by atoms with E-state index < -0.39 is 12.1 Å². The average Bonchev–Trinajstić information content (AvgIpc) is 3.43. The van der Waals surface area contributed by atoms with Gasteiger partial charge in [-0.15, -0.1) is 0 Å². The fourth-order valence-electron chi connectivity index (χ4n) is 11.1. The molecule has 3 N–H and O–H groups in total. The normalized spacial score (nSPS) is 12.6. The molecule has 0 bridgehead atoms. The minimum Gasteiger partial charge on any atom is -0.466 e. The van der Waals surface area contributed by atoms with Crippen LogP contribution < -0.4 is 5.32 Å². The number of aliphatic hydroxyl groups excluding tert-OH is 2. The van der Waals surface area contributed by atoms with Crippen molar-refractivity contribution in [3.8, 4) is 0 Å². The Kier molecular flexibility index (Phi) is 65.4. The van der Waals surface area contributed by atoms with Gasteiger partial charge in [0.1, 0.15) is 0 Å². The molecule has 0 aliphatic heterocycles. The lowest BCUT2D eigenvalue weighted by atomic mass is 10.0. The molecule has 0 spiro atoms. The molecule has 0 aromatic rings. The van der Waals surface area contributed by atoms with E-state index in [9.17, 15) is 19.8 Å². The minimum absolute atomic E-state index is 0.0185. The zero-order valence-corrected chi connectivity index (χ0v) is 52.2. The Morgan fingerprint density at radius 3 is 0.922 bits per heavy atom. The number of amides is 1. The summed E-state index contributed by atoms with van der Waals surface area (Å²) in [5.41, 5.74) is 0. The van der Waals surface area contributed by atoms with Gasteiger partial charge in [-0.25, -0.2) is 0 Å². The van der Waals surface area contributed by atoms with Crippen molar-refractivity contribution in [2.24, 2.45) is 0 Å². The zero-order chi connectivity index (χ0) is 55.7. The molecule has 0 heterocycles. The molecule has 456 valence electrons. The maximum Gasteiger partial charge on any atom is 0.305 e. The van der Waals surface area contributed by atoms with E-state index in [-0.39, 0.29) is 18.5 Å². The van der Waals surface area contributed by atoms with Crippen molar-refractivity contribution in [2.45, 2.75) is 405 Å². The molecule has 2 unspecified atom stereocenters. The van der Waals surface area contributed by atoms with Crippen molar-refractivity contribution in [2.75, 3.05) is 13.2 Å². The molecule has 77 heavy (non-hydrogen) atoms. The Morgan fingerprint density at radius 1 is 0.351 bits per heavy atom. The van der Waals surface area contributed by atoms with Gasteiger partial charge < -0.3 is 20.3 Å². The van der Waals surface area contributed by atoms with Crippen LogP contribution in [0.1, 0.15) is 393 Å². The first-order chi connectivity index (χ1) is 38.0. The van der Waals surface area contributed by atoms with Crippen LogP contribution in [-0.4, -0.2) is 47.4 Å². The molecule has 0 aliphatic carbocycles. The van der Waals surface area contributed by atoms with Crippen LogP contribution in [0.15, 0.2) is 24.3 Å². The Hall–Kier alpha value is -1.66. The number of carbonyl (C=O) groups excluding carboxylic acids is 2. The zero-order valence-electron chi connectivity index (χ0n) is 52.2. The van der Waals surface area contributed by atoms with Gasteiger partial charge in [-0.05, 0) is 57.8 Å². The van der Waals surface area contributed by atoms with Gasteiger partial charge in [0.25, 0.3) is 0 Å². The number of hydrogen-bond acceptors (Lipinski definition) is 5. The van der Waals surface area contributed by atoms with Crippen molar-refractivity contribution in [1.82, 2.24) is 5.32 Å². The molecule has 1 amide bonds. The van der Waals surface area contributed by atoms with Gasteiger partial charge in [0.2, 0.25) is 5.91 Å². The van der Waals surface area contributed by atoms with Crippen molar-refractivity contribution in [3.63, 3.8) is 0 Å². The predicted molar refractivity (Wildman–Crippen MR) is 338 cm³/mol. The van der Waals surface area contributed by atoms with Gasteiger partial charge in [0, 0.05) is 12.8 Å². The van der Waals surface area contributed by atoms with Gasteiger partial charge in [-0.3, -0.25) is 9.59 Å². The highest BCUT2D eigenvalue weighted by molar-refractivity contribution is 5.76. The van der Waals surface area contributed by atoms with Crippen LogP contribution in [0.5, 0.6) is 0 Å². The second kappa shape index (κ2) is 66.8. The van der Waals surface area contributed by atoms with Gasteiger partial charge in [0.15, 0.2) is 0 Å². The summed E-state index contributed by atoms with van der Waals surface area (Å²) in [5, 5.41) is 23.0. The van der Waals surface area contributed by atoms with Crippen LogP contribution in [0.25, 0.3) is 0 Å². The Bertz CT molecular complexity index is 1200. The number of esters is 1. The van der Waals surface area contributed by atoms with Crippen molar-refractivity contribution in [3.05, 3.63) is 24.3 Å². The monoisotopic (exact) mass is 1080 g/mol. The number of rotatable bonds is 66. The average molecular weight is 1080 g/mol. The minimum atomic E-state index is -0.839. The molecule has 6 heteroatoms. The van der Waals surface area contributed by atoms with E-state index in [0.29, 0.717) is 19.4 Å². The molecular weight excluding hydrogens is 947 g/mol. The number of nitrogens with one attached hydrogen (secondary N) is 1. The first-order valence-electron chi connectivity index (χ1n) is 35.1. The third-order valence-corrected chi connectivity index (χ3v) is 16.5. The Labute approximate surface area is 481 Å². The molecule has 0 saturated carbocycles. The van der Waals surface area contributed by atoms with E-state index >= 15 is 0 Å². The molecule has 6 nitrogen and oxygen atoms in total. The Morgan fingerprint density at radius 2 is 0.610 bits per heavy atom. The lowest BCUT2D eigenvalue weighted by Gasteiger charge is -2.20. The van der Waals surface area contributed by atoms with E-state index in [2.05, 4.69) is 31.3 Å². The van der Waals surface area contributed by atoms with Crippen LogP contribution >= 0.6 is 0 Å². The smallest absolute Gasteiger partial charge is 0.305 e. The largest absolute Gasteiger partial charge is 0.466 e. The highest BCUT2D eigenvalue weighted by atomic mass is 16.5. The summed E-state index contributed by atoms with van der Waals surface area (Å²) in [7, 11) is 0. The summed E-state index contributed by atoms with van der Waals surface area (Å²) in [6.45, 7) is 4.91. The molecule has 0 radical (unpaired) electrons. The molecular formula is C71H137NO5. The van der Waals surface area contributed by atoms with Crippen LogP contribution in [-0.2, 0) is 14.3 Å². The van der Waals surface area contributed by atoms with Crippen molar-refractivity contribution in [1.29, 1.82) is 0 Å². The summed E-state index contributed by atoms with van der Waals surface area (Å²) in [6.07, 6.45) is 84.2. The molecule has 0 aliphatic rings. The first-order valence-corrected chi connectivity index (χ1v) is 35.1. The number of allylic oxidation sites excluding steroid dienone is 3. The fraction of sp³-hybridized carbons (Fsp3) is 0.915. The van der Waals surface area contributed by atoms with Crippen LogP contribution in [0, 0.1) is 0 Å². The molecule has 0 aromatic heterocycles. The molecule has 0 aromatic carbocycles. The quantitative estimate of drug-likeness (QED) is 0.0320. The maximum atomic E-state index is 12.4. The topological polar surface area (TPSA) is 95.9 Å². The molecule has 2 atom stereocenters. The van der Waals surface area contributed by atoms with E-state index in [4.69, 9.17) is 4.74 Å². The SMILES string of the molecule is CCCCCCCCC/C=C\CCCCCCCCCC(=O)OCCCCCCCCCCCCCCCCCCCCCCCCCCCCCCCCCCC(=O)NC(CO)C(O)/C=C/CCCCCCCCCC. The highest BCUT2D eigenvalue weighted by Crippen LogP contribution is 2.19. The van der Waals surface area contributed by atoms with Crippen LogP contribution in [0.4, 0.5) is 0 Å². The molecule has 0 rings (SSSR count). The summed E-state index contributed by atoms with van der Waals surface area (Å²) < 4.78 is 5.51. The van der Waals surface area contributed by atoms with Gasteiger partial charge in [0.05, 0.1) is 25.4 Å². The van der Waals surface area contributed by atoms with E-state index in [1.165, 1.54) is 321 Å². The second-order valence-corrected chi connectivity index (χ2v) is 24.2. The third-order valence-electron chi connectivity index (χ3n) is 16.5. The summed E-state index contributed by atoms with van der Waals surface area (Å²) in [4.78, 5) is 24.5. The number of aliphatic hydroxyl groups is 2. The van der Waals surface area contributed by atoms with E-state index in [0.717, 1.165) is 44.9 Å². The summed E-state index contributed by atoms with van der Waals surface area (Å²) in [6, 6.07) is -0.622. The van der Waals surface area contributed by atoms with Gasteiger partial charge >= 0.3 is 5.97 Å². The van der Waals surface area contributed by atoms with Gasteiger partial charge in [-0.1, -0.05) is 346 Å². The third kappa shape index (κ3) is 63.4. The standard InChI is InChI=1S/C71H137NO5/c1-3-5-7-9-11-13-15-16-17-18-36-39-42-45-49-53-57-61-65-71(76)77-66-62-58-54-50-46-43-40-37-34-32-30-28-26-24-22-20-19-21-23-25-27-29-31-33-35-38-41-44-48-52-56-60-64-70(75)72-68(67-73)69(74)63-59-55-51-47-14-12-10-8-6-4-2/h17-18,59,63,68-69,73-74H,3-16,19-58,60-62,64-67H2,1-2H3,(H,72,75)/b18-17-,63-59+. The Balaban J connectivity index is 3.29. The van der Waals surface area contributed by atoms with Crippen LogP contribution in [0.3, 0.4) is 0 Å². The van der Waals surface area contributed by atoms with Crippen LogP contribution in [0.2, 0.25) is 0 Å². The van der Waals surface area contributed by atoms with E-state index in [1.807, 2.05) is 6.08 Å². The maximum absolute atomic E-state index is 12.4. The lowest BCUT2D eigenvalue weighted by Crippen LogP contribution is -2.45. The second-order valence-electron chi connectivity index (χ2n) is 24.2. The van der Waals surface area contributed by atoms with E-state index in [1.54, 1.807) is 6.08 Å². The highest BCUT2D eigenvalue weighted by Gasteiger charge is 2.18. The fourth-order valence-corrected chi connectivity index (χ4v) is 11.1. The first kappa shape index (κ1) is 75.3. The van der Waals surface area contributed by atoms with Gasteiger partial charge in [-0.2, -0.15) is 0 Å². The number of unbranched alkanes of at least 4 members (excludes halogenated alkanes) is 53. The van der Waals surface area contributed by atoms with Crippen molar-refractivity contribution >= 4 is 11.9 Å². The predicted octanol–water partition coefficient (Wildman–Crippen LogP) is 22.5.